The van der Waals surface area contributed by atoms with Gasteiger partial charge in [0, 0.05) is 5.56 Å². The summed E-state index contributed by atoms with van der Waals surface area (Å²) in [6, 6.07) is 11.1. The van der Waals surface area contributed by atoms with Crippen LogP contribution in [0, 0.1) is 6.92 Å². The molecule has 28 heavy (non-hydrogen) atoms. The van der Waals surface area contributed by atoms with Gasteiger partial charge in [-0.3, -0.25) is 9.59 Å². The number of hydrogen-bond donors (Lipinski definition) is 1. The van der Waals surface area contributed by atoms with Crippen molar-refractivity contribution in [2.75, 3.05) is 12.4 Å². The molecule has 0 aliphatic rings. The fourth-order valence-corrected chi connectivity index (χ4v) is 2.50. The minimum atomic E-state index is -3.03. The smallest absolute Gasteiger partial charge is 0.387 e. The Labute approximate surface area is 161 Å². The number of rotatable bonds is 8. The van der Waals surface area contributed by atoms with Gasteiger partial charge in [0.1, 0.15) is 11.5 Å². The van der Waals surface area contributed by atoms with Crippen LogP contribution in [0.25, 0.3) is 0 Å². The highest BCUT2D eigenvalue weighted by Crippen LogP contribution is 2.26. The maximum Gasteiger partial charge on any atom is 0.387 e. The topological polar surface area (TPSA) is 73.9 Å². The van der Waals surface area contributed by atoms with Gasteiger partial charge in [-0.25, -0.2) is 0 Å². The largest absolute Gasteiger partial charge is 0.496 e. The van der Waals surface area contributed by atoms with Gasteiger partial charge < -0.3 is 19.5 Å². The molecular weight excluding hydrogens is 372 g/mol. The predicted molar refractivity (Wildman–Crippen MR) is 98.7 cm³/mol. The van der Waals surface area contributed by atoms with Crippen LogP contribution in [-0.2, 0) is 20.7 Å². The number of carbonyl (C=O) groups is 2. The zero-order chi connectivity index (χ0) is 20.7. The van der Waals surface area contributed by atoms with Crippen LogP contribution >= 0.6 is 0 Å². The minimum absolute atomic E-state index is 0.0519. The van der Waals surface area contributed by atoms with Crippen molar-refractivity contribution >= 4 is 17.6 Å². The summed E-state index contributed by atoms with van der Waals surface area (Å²) in [6.07, 6.45) is -1.21. The Bertz CT molecular complexity index is 841. The first-order valence-electron chi connectivity index (χ1n) is 8.48. The molecule has 0 fully saturated rings. The second-order valence-corrected chi connectivity index (χ2v) is 5.99. The van der Waals surface area contributed by atoms with Crippen molar-refractivity contribution in [3.05, 3.63) is 53.6 Å². The lowest BCUT2D eigenvalue weighted by molar-refractivity contribution is -0.152. The van der Waals surface area contributed by atoms with Crippen LogP contribution in [0.5, 0.6) is 11.5 Å². The molecule has 0 aromatic heterocycles. The number of ether oxygens (including phenoxy) is 3. The molecule has 0 heterocycles. The lowest BCUT2D eigenvalue weighted by Crippen LogP contribution is -2.30. The molecule has 0 bridgehead atoms. The van der Waals surface area contributed by atoms with Gasteiger partial charge in [0.25, 0.3) is 5.91 Å². The summed E-state index contributed by atoms with van der Waals surface area (Å²) in [4.78, 5) is 24.4. The number of aryl methyl sites for hydroxylation is 1. The van der Waals surface area contributed by atoms with Gasteiger partial charge in [0.05, 0.1) is 19.2 Å². The molecule has 1 atom stereocenters. The van der Waals surface area contributed by atoms with Gasteiger partial charge in [-0.15, -0.1) is 0 Å². The first kappa shape index (κ1) is 21.1. The molecule has 0 saturated heterocycles. The molecule has 0 unspecified atom stereocenters. The molecule has 0 spiro atoms. The average molecular weight is 393 g/mol. The number of para-hydroxylation sites is 2. The Morgan fingerprint density at radius 2 is 1.82 bits per heavy atom. The third-order valence-corrected chi connectivity index (χ3v) is 3.81. The number of hydrogen-bond acceptors (Lipinski definition) is 5. The van der Waals surface area contributed by atoms with Gasteiger partial charge >= 0.3 is 12.6 Å². The highest BCUT2D eigenvalue weighted by atomic mass is 19.3. The standard InChI is InChI=1S/C20H21F2NO5/c1-12-8-9-16(26-3)14(10-12)11-18(24)27-13(2)19(25)23-15-6-4-5-7-17(15)28-20(21)22/h4-10,13,20H,11H2,1-3H3,(H,23,25)/t13-/m1/s1. The predicted octanol–water partition coefficient (Wildman–Crippen LogP) is 3.72. The van der Waals surface area contributed by atoms with Gasteiger partial charge in [-0.1, -0.05) is 29.8 Å². The van der Waals surface area contributed by atoms with Crippen molar-refractivity contribution in [2.45, 2.75) is 33.0 Å². The van der Waals surface area contributed by atoms with E-state index in [1.165, 1.54) is 32.2 Å². The molecule has 0 radical (unpaired) electrons. The van der Waals surface area contributed by atoms with Gasteiger partial charge in [0.15, 0.2) is 6.10 Å². The summed E-state index contributed by atoms with van der Waals surface area (Å²) in [5, 5.41) is 2.42. The Balaban J connectivity index is 1.99. The molecule has 0 aliphatic heterocycles. The monoisotopic (exact) mass is 393 g/mol. The van der Waals surface area contributed by atoms with E-state index in [1.807, 2.05) is 13.0 Å². The molecule has 150 valence electrons. The van der Waals surface area contributed by atoms with E-state index in [9.17, 15) is 18.4 Å². The molecule has 1 N–H and O–H groups in total. The second-order valence-electron chi connectivity index (χ2n) is 5.99. The number of esters is 1. The molecular formula is C20H21F2NO5. The van der Waals surface area contributed by atoms with E-state index in [1.54, 1.807) is 18.2 Å². The molecule has 0 aliphatic carbocycles. The first-order chi connectivity index (χ1) is 13.3. The highest BCUT2D eigenvalue weighted by Gasteiger charge is 2.21. The molecule has 0 saturated carbocycles. The number of benzene rings is 2. The van der Waals surface area contributed by atoms with Crippen LogP contribution in [0.15, 0.2) is 42.5 Å². The fourth-order valence-electron chi connectivity index (χ4n) is 2.50. The lowest BCUT2D eigenvalue weighted by atomic mass is 10.1. The van der Waals surface area contributed by atoms with Crippen molar-refractivity contribution in [3.63, 3.8) is 0 Å². The van der Waals surface area contributed by atoms with E-state index in [-0.39, 0.29) is 17.9 Å². The van der Waals surface area contributed by atoms with Crippen LogP contribution in [0.4, 0.5) is 14.5 Å². The maximum atomic E-state index is 12.5. The number of carbonyl (C=O) groups excluding carboxylic acids is 2. The minimum Gasteiger partial charge on any atom is -0.496 e. The van der Waals surface area contributed by atoms with Crippen LogP contribution in [0.1, 0.15) is 18.1 Å². The van der Waals surface area contributed by atoms with Gasteiger partial charge in [-0.2, -0.15) is 8.78 Å². The van der Waals surface area contributed by atoms with Crippen LogP contribution in [-0.4, -0.2) is 31.7 Å². The Morgan fingerprint density at radius 3 is 2.50 bits per heavy atom. The zero-order valence-electron chi connectivity index (χ0n) is 15.7. The van der Waals surface area contributed by atoms with E-state index < -0.39 is 24.6 Å². The van der Waals surface area contributed by atoms with E-state index in [2.05, 4.69) is 10.1 Å². The molecule has 2 aromatic carbocycles. The van der Waals surface area contributed by atoms with Crippen LogP contribution in [0.3, 0.4) is 0 Å². The number of amides is 1. The summed E-state index contributed by atoms with van der Waals surface area (Å²) < 4.78 is 39.6. The lowest BCUT2D eigenvalue weighted by Gasteiger charge is -2.16. The van der Waals surface area contributed by atoms with E-state index >= 15 is 0 Å². The number of anilines is 1. The summed E-state index contributed by atoms with van der Waals surface area (Å²) in [5.74, 6) is -0.940. The number of halogens is 2. The van der Waals surface area contributed by atoms with E-state index in [0.717, 1.165) is 5.56 Å². The van der Waals surface area contributed by atoms with Gasteiger partial charge in [0.2, 0.25) is 0 Å². The van der Waals surface area contributed by atoms with E-state index in [0.29, 0.717) is 11.3 Å². The highest BCUT2D eigenvalue weighted by molar-refractivity contribution is 5.96. The van der Waals surface area contributed by atoms with Crippen molar-refractivity contribution in [2.24, 2.45) is 0 Å². The molecule has 2 aromatic rings. The average Bonchev–Trinajstić information content (AvgIpc) is 2.63. The third-order valence-electron chi connectivity index (χ3n) is 3.81. The molecule has 2 rings (SSSR count). The molecule has 8 heteroatoms. The van der Waals surface area contributed by atoms with Crippen molar-refractivity contribution in [1.29, 1.82) is 0 Å². The number of methoxy groups -OCH3 is 1. The van der Waals surface area contributed by atoms with E-state index in [4.69, 9.17) is 9.47 Å². The van der Waals surface area contributed by atoms with Crippen molar-refractivity contribution < 1.29 is 32.6 Å². The molecule has 1 amide bonds. The Hall–Kier alpha value is -3.16. The number of alkyl halides is 2. The SMILES string of the molecule is COc1ccc(C)cc1CC(=O)O[C@H](C)C(=O)Nc1ccccc1OC(F)F. The first-order valence-corrected chi connectivity index (χ1v) is 8.48. The zero-order valence-corrected chi connectivity index (χ0v) is 15.7. The normalized spacial score (nSPS) is 11.6. The quantitative estimate of drug-likeness (QED) is 0.692. The van der Waals surface area contributed by atoms with Crippen molar-refractivity contribution in [3.8, 4) is 11.5 Å². The van der Waals surface area contributed by atoms with Gasteiger partial charge in [-0.05, 0) is 32.0 Å². The summed E-state index contributed by atoms with van der Waals surface area (Å²) in [5.41, 5.74) is 1.64. The van der Waals surface area contributed by atoms with Crippen molar-refractivity contribution in [1.82, 2.24) is 0 Å². The maximum absolute atomic E-state index is 12.5. The summed E-state index contributed by atoms with van der Waals surface area (Å²) in [7, 11) is 1.49. The second kappa shape index (κ2) is 9.68. The summed E-state index contributed by atoms with van der Waals surface area (Å²) in [6.45, 7) is 0.234. The Kier molecular flexibility index (Phi) is 7.31. The third kappa shape index (κ3) is 5.94. The summed E-state index contributed by atoms with van der Waals surface area (Å²) >= 11 is 0. The Morgan fingerprint density at radius 1 is 1.11 bits per heavy atom. The van der Waals surface area contributed by atoms with Crippen LogP contribution < -0.4 is 14.8 Å². The molecule has 6 nitrogen and oxygen atoms in total. The van der Waals surface area contributed by atoms with Crippen LogP contribution in [0.2, 0.25) is 0 Å². The fraction of sp³-hybridized carbons (Fsp3) is 0.300. The number of nitrogens with one attached hydrogen (secondary N) is 1.